The molecular formula is C22H33N5O. The Labute approximate surface area is 169 Å². The van der Waals surface area contributed by atoms with E-state index in [4.69, 9.17) is 0 Å². The topological polar surface area (TPSA) is 61.4 Å². The minimum Gasteiger partial charge on any atom is -0.372 e. The van der Waals surface area contributed by atoms with Gasteiger partial charge in [-0.2, -0.15) is 0 Å². The lowest BCUT2D eigenvalue weighted by atomic mass is 10.1. The maximum absolute atomic E-state index is 12.8. The molecule has 0 radical (unpaired) electrons. The van der Waals surface area contributed by atoms with Crippen LogP contribution in [0.2, 0.25) is 0 Å². The second kappa shape index (κ2) is 10.1. The fourth-order valence-corrected chi connectivity index (χ4v) is 3.10. The first kappa shape index (κ1) is 21.7. The van der Waals surface area contributed by atoms with Crippen LogP contribution in [-0.4, -0.2) is 42.6 Å². The molecule has 0 unspecified atom stereocenters. The molecule has 0 fully saturated rings. The Bertz CT molecular complexity index is 802. The summed E-state index contributed by atoms with van der Waals surface area (Å²) in [6, 6.07) is 7.85. The second-order valence-corrected chi connectivity index (χ2v) is 7.10. The molecule has 2 aromatic rings. The molecule has 0 bridgehead atoms. The van der Waals surface area contributed by atoms with Crippen LogP contribution in [0.4, 0.5) is 17.3 Å². The lowest BCUT2D eigenvalue weighted by Crippen LogP contribution is -2.24. The Morgan fingerprint density at radius 2 is 1.79 bits per heavy atom. The van der Waals surface area contributed by atoms with E-state index in [1.807, 2.05) is 37.9 Å². The number of rotatable bonds is 9. The number of nitrogens with one attached hydrogen (secondary N) is 1. The molecule has 152 valence electrons. The summed E-state index contributed by atoms with van der Waals surface area (Å²) in [6.45, 7) is 13.1. The summed E-state index contributed by atoms with van der Waals surface area (Å²) in [7, 11) is 1.96. The van der Waals surface area contributed by atoms with Crippen molar-refractivity contribution in [3.63, 3.8) is 0 Å². The summed E-state index contributed by atoms with van der Waals surface area (Å²) < 4.78 is 0. The van der Waals surface area contributed by atoms with Crippen LogP contribution in [-0.2, 0) is 0 Å². The summed E-state index contributed by atoms with van der Waals surface area (Å²) in [5.74, 6) is 0.376. The van der Waals surface area contributed by atoms with E-state index in [0.29, 0.717) is 11.6 Å². The van der Waals surface area contributed by atoms with Crippen molar-refractivity contribution >= 4 is 23.2 Å². The zero-order valence-electron chi connectivity index (χ0n) is 18.0. The molecule has 0 saturated carbocycles. The molecule has 0 atom stereocenters. The predicted octanol–water partition coefficient (Wildman–Crippen LogP) is 4.43. The molecule has 28 heavy (non-hydrogen) atoms. The highest BCUT2D eigenvalue weighted by atomic mass is 16.1. The van der Waals surface area contributed by atoms with E-state index in [-0.39, 0.29) is 5.91 Å². The fraction of sp³-hybridized carbons (Fsp3) is 0.500. The van der Waals surface area contributed by atoms with Crippen LogP contribution < -0.4 is 15.1 Å². The number of hydrogen-bond donors (Lipinski definition) is 1. The standard InChI is InChI=1S/C22H33N5O/c1-7-10-13-26(6)22-23-17(5)15-20(25-22)21(28)24-19-12-11-18(14-16(19)4)27(8-2)9-3/h11-12,14-15H,7-10,13H2,1-6H3,(H,24,28). The Morgan fingerprint density at radius 3 is 2.39 bits per heavy atom. The highest BCUT2D eigenvalue weighted by Gasteiger charge is 2.14. The Hall–Kier alpha value is -2.63. The number of aryl methyl sites for hydroxylation is 2. The van der Waals surface area contributed by atoms with Crippen molar-refractivity contribution in [2.75, 3.05) is 41.8 Å². The first-order chi connectivity index (χ1) is 13.4. The van der Waals surface area contributed by atoms with Crippen LogP contribution in [0.25, 0.3) is 0 Å². The van der Waals surface area contributed by atoms with Gasteiger partial charge in [-0.05, 0) is 63.9 Å². The van der Waals surface area contributed by atoms with E-state index in [9.17, 15) is 4.79 Å². The van der Waals surface area contributed by atoms with Crippen molar-refractivity contribution in [1.29, 1.82) is 0 Å². The zero-order chi connectivity index (χ0) is 20.7. The molecule has 0 aliphatic rings. The largest absolute Gasteiger partial charge is 0.372 e. The van der Waals surface area contributed by atoms with E-state index < -0.39 is 0 Å². The Kier molecular flexibility index (Phi) is 7.79. The average Bonchev–Trinajstić information content (AvgIpc) is 2.68. The van der Waals surface area contributed by atoms with E-state index in [1.54, 1.807) is 6.07 Å². The number of amides is 1. The Morgan fingerprint density at radius 1 is 1.07 bits per heavy atom. The van der Waals surface area contributed by atoms with Crippen molar-refractivity contribution in [2.45, 2.75) is 47.5 Å². The van der Waals surface area contributed by atoms with Crippen LogP contribution in [0.3, 0.4) is 0 Å². The molecular weight excluding hydrogens is 350 g/mol. The third kappa shape index (κ3) is 5.44. The van der Waals surface area contributed by atoms with Gasteiger partial charge in [0.1, 0.15) is 5.69 Å². The van der Waals surface area contributed by atoms with Crippen molar-refractivity contribution in [1.82, 2.24) is 9.97 Å². The summed E-state index contributed by atoms with van der Waals surface area (Å²) in [5.41, 5.74) is 4.17. The normalized spacial score (nSPS) is 10.6. The summed E-state index contributed by atoms with van der Waals surface area (Å²) in [4.78, 5) is 26.0. The maximum atomic E-state index is 12.8. The SMILES string of the molecule is CCCCN(C)c1nc(C)cc(C(=O)Nc2ccc(N(CC)CC)cc2C)n1. The maximum Gasteiger partial charge on any atom is 0.274 e. The molecule has 6 nitrogen and oxygen atoms in total. The van der Waals surface area contributed by atoms with Gasteiger partial charge in [0.25, 0.3) is 5.91 Å². The monoisotopic (exact) mass is 383 g/mol. The minimum absolute atomic E-state index is 0.214. The van der Waals surface area contributed by atoms with Gasteiger partial charge in [-0.15, -0.1) is 0 Å². The number of carbonyl (C=O) groups excluding carboxylic acids is 1. The highest BCUT2D eigenvalue weighted by molar-refractivity contribution is 6.03. The molecule has 1 heterocycles. The number of hydrogen-bond acceptors (Lipinski definition) is 5. The number of anilines is 3. The number of nitrogens with zero attached hydrogens (tertiary/aromatic N) is 4. The average molecular weight is 384 g/mol. The van der Waals surface area contributed by atoms with E-state index in [0.717, 1.165) is 49.4 Å². The predicted molar refractivity (Wildman–Crippen MR) is 118 cm³/mol. The molecule has 0 aliphatic carbocycles. The van der Waals surface area contributed by atoms with Gasteiger partial charge >= 0.3 is 0 Å². The van der Waals surface area contributed by atoms with Gasteiger partial charge in [-0.1, -0.05) is 13.3 Å². The van der Waals surface area contributed by atoms with Gasteiger partial charge < -0.3 is 15.1 Å². The molecule has 1 amide bonds. The summed E-state index contributed by atoms with van der Waals surface area (Å²) in [5, 5.41) is 3.00. The van der Waals surface area contributed by atoms with Gasteiger partial charge in [0, 0.05) is 43.8 Å². The molecule has 1 aromatic heterocycles. The van der Waals surface area contributed by atoms with Crippen molar-refractivity contribution < 1.29 is 4.79 Å². The highest BCUT2D eigenvalue weighted by Crippen LogP contribution is 2.23. The fourth-order valence-electron chi connectivity index (χ4n) is 3.10. The Balaban J connectivity index is 2.19. The smallest absolute Gasteiger partial charge is 0.274 e. The van der Waals surface area contributed by atoms with E-state index in [1.165, 1.54) is 5.69 Å². The first-order valence-corrected chi connectivity index (χ1v) is 10.1. The van der Waals surface area contributed by atoms with Crippen LogP contribution in [0.1, 0.15) is 55.4 Å². The van der Waals surface area contributed by atoms with E-state index >= 15 is 0 Å². The number of benzene rings is 1. The lowest BCUT2D eigenvalue weighted by molar-refractivity contribution is 0.102. The van der Waals surface area contributed by atoms with Gasteiger partial charge in [-0.3, -0.25) is 4.79 Å². The van der Waals surface area contributed by atoms with Gasteiger partial charge in [0.15, 0.2) is 0 Å². The molecule has 1 N–H and O–H groups in total. The molecule has 0 aliphatic heterocycles. The summed E-state index contributed by atoms with van der Waals surface area (Å²) >= 11 is 0. The van der Waals surface area contributed by atoms with Gasteiger partial charge in [0.2, 0.25) is 5.95 Å². The van der Waals surface area contributed by atoms with E-state index in [2.05, 4.69) is 47.0 Å². The van der Waals surface area contributed by atoms with Crippen LogP contribution in [0.15, 0.2) is 24.3 Å². The molecule has 1 aromatic carbocycles. The quantitative estimate of drug-likeness (QED) is 0.694. The van der Waals surface area contributed by atoms with Crippen molar-refractivity contribution in [3.8, 4) is 0 Å². The zero-order valence-corrected chi connectivity index (χ0v) is 18.0. The van der Waals surface area contributed by atoms with Gasteiger partial charge in [-0.25, -0.2) is 9.97 Å². The first-order valence-electron chi connectivity index (χ1n) is 10.1. The number of carbonyl (C=O) groups is 1. The number of aromatic nitrogens is 2. The van der Waals surface area contributed by atoms with Crippen molar-refractivity contribution in [2.24, 2.45) is 0 Å². The van der Waals surface area contributed by atoms with Crippen LogP contribution in [0, 0.1) is 13.8 Å². The lowest BCUT2D eigenvalue weighted by Gasteiger charge is -2.22. The van der Waals surface area contributed by atoms with Crippen molar-refractivity contribution in [3.05, 3.63) is 41.2 Å². The molecule has 6 heteroatoms. The molecule has 0 spiro atoms. The number of unbranched alkanes of at least 4 members (excludes halogenated alkanes) is 1. The van der Waals surface area contributed by atoms with Crippen LogP contribution >= 0.6 is 0 Å². The summed E-state index contributed by atoms with van der Waals surface area (Å²) in [6.07, 6.45) is 2.17. The third-order valence-corrected chi connectivity index (χ3v) is 4.85. The second-order valence-electron chi connectivity index (χ2n) is 7.10. The molecule has 0 saturated heterocycles. The minimum atomic E-state index is -0.214. The molecule has 2 rings (SSSR count). The van der Waals surface area contributed by atoms with Crippen LogP contribution in [0.5, 0.6) is 0 Å². The third-order valence-electron chi connectivity index (χ3n) is 4.85. The van der Waals surface area contributed by atoms with Gasteiger partial charge in [0.05, 0.1) is 0 Å².